The fraction of sp³-hybridized carbons (Fsp3) is 0.0417. The number of rotatable bonds is 4. The van der Waals surface area contributed by atoms with Gasteiger partial charge in [-0.05, 0) is 28.8 Å². The lowest BCUT2D eigenvalue weighted by atomic mass is 9.91. The van der Waals surface area contributed by atoms with E-state index >= 15 is 0 Å². The first-order chi connectivity index (χ1) is 14.8. The van der Waals surface area contributed by atoms with E-state index in [4.69, 9.17) is 0 Å². The summed E-state index contributed by atoms with van der Waals surface area (Å²) in [6, 6.07) is 15.1. The van der Waals surface area contributed by atoms with Gasteiger partial charge in [0, 0.05) is 46.9 Å². The normalized spacial score (nSPS) is 15.4. The van der Waals surface area contributed by atoms with E-state index in [-0.39, 0.29) is 5.76 Å². The number of anilines is 1. The maximum Gasteiger partial charge on any atom is 0.146 e. The number of aldehydes is 1. The molecule has 0 saturated heterocycles. The molecule has 0 bridgehead atoms. The lowest BCUT2D eigenvalue weighted by Crippen LogP contribution is -2.27. The number of fused-ring (bicyclic) bond motifs is 1. The summed E-state index contributed by atoms with van der Waals surface area (Å²) >= 11 is 1.48. The highest BCUT2D eigenvalue weighted by Crippen LogP contribution is 2.46. The quantitative estimate of drug-likeness (QED) is 0.446. The van der Waals surface area contributed by atoms with Crippen LogP contribution in [0.25, 0.3) is 33.6 Å². The van der Waals surface area contributed by atoms with Crippen LogP contribution in [0.4, 0.5) is 5.00 Å². The zero-order valence-corrected chi connectivity index (χ0v) is 16.6. The van der Waals surface area contributed by atoms with Crippen LogP contribution in [0, 0.1) is 0 Å². The van der Waals surface area contributed by atoms with Gasteiger partial charge in [-0.25, -0.2) is 0 Å². The fourth-order valence-corrected chi connectivity index (χ4v) is 4.73. The van der Waals surface area contributed by atoms with Gasteiger partial charge < -0.3 is 15.2 Å². The minimum absolute atomic E-state index is 0.112. The van der Waals surface area contributed by atoms with E-state index in [1.165, 1.54) is 11.3 Å². The molecular formula is C24H17N3O2S. The van der Waals surface area contributed by atoms with Crippen molar-refractivity contribution in [3.05, 3.63) is 89.8 Å². The molecule has 0 amide bonds. The SMILES string of the molecule is O=CC1Nc2scc(-c3ccc(-c4cccnc4)cc3)c2C(O)=C1c1cccnc1. The van der Waals surface area contributed by atoms with Gasteiger partial charge >= 0.3 is 0 Å². The Morgan fingerprint density at radius 2 is 1.57 bits per heavy atom. The standard InChI is InChI=1S/C24H17N3O2S/c28-13-20-21(18-4-2-10-26-12-18)23(29)22-19(14-30-24(22)27-20)16-7-5-15(6-8-16)17-3-1-9-25-11-17/h1-14,20,27,29H. The monoisotopic (exact) mass is 411 g/mol. The van der Waals surface area contributed by atoms with Gasteiger partial charge in [-0.15, -0.1) is 11.3 Å². The Morgan fingerprint density at radius 1 is 0.900 bits per heavy atom. The summed E-state index contributed by atoms with van der Waals surface area (Å²) in [5, 5.41) is 17.2. The van der Waals surface area contributed by atoms with Crippen LogP contribution in [-0.4, -0.2) is 27.4 Å². The largest absolute Gasteiger partial charge is 0.507 e. The summed E-state index contributed by atoms with van der Waals surface area (Å²) < 4.78 is 0. The molecule has 0 fully saturated rings. The molecule has 5 rings (SSSR count). The van der Waals surface area contributed by atoms with Crippen molar-refractivity contribution in [2.45, 2.75) is 6.04 Å². The van der Waals surface area contributed by atoms with Crippen molar-refractivity contribution in [3.8, 4) is 22.3 Å². The zero-order valence-electron chi connectivity index (χ0n) is 15.8. The van der Waals surface area contributed by atoms with E-state index in [9.17, 15) is 9.90 Å². The van der Waals surface area contributed by atoms with Crippen molar-refractivity contribution in [1.29, 1.82) is 0 Å². The molecular weight excluding hydrogens is 394 g/mol. The number of aliphatic hydroxyl groups excluding tert-OH is 1. The van der Waals surface area contributed by atoms with Crippen LogP contribution in [0.15, 0.2) is 78.7 Å². The Morgan fingerprint density at radius 3 is 2.20 bits per heavy atom. The van der Waals surface area contributed by atoms with Gasteiger partial charge in [-0.3, -0.25) is 9.97 Å². The molecule has 1 aliphatic heterocycles. The Kier molecular flexibility index (Phi) is 4.61. The van der Waals surface area contributed by atoms with Crippen LogP contribution >= 0.6 is 11.3 Å². The summed E-state index contributed by atoms with van der Waals surface area (Å²) in [7, 11) is 0. The lowest BCUT2D eigenvalue weighted by molar-refractivity contribution is -0.107. The second-order valence-electron chi connectivity index (χ2n) is 6.93. The molecule has 30 heavy (non-hydrogen) atoms. The van der Waals surface area contributed by atoms with Crippen molar-refractivity contribution in [2.75, 3.05) is 5.32 Å². The van der Waals surface area contributed by atoms with Gasteiger partial charge in [0.25, 0.3) is 0 Å². The van der Waals surface area contributed by atoms with E-state index in [1.807, 2.05) is 54.0 Å². The average molecular weight is 411 g/mol. The summed E-state index contributed by atoms with van der Waals surface area (Å²) in [6.45, 7) is 0. The number of aliphatic hydroxyl groups is 1. The Hall–Kier alpha value is -3.77. The van der Waals surface area contributed by atoms with Crippen molar-refractivity contribution in [1.82, 2.24) is 9.97 Å². The third-order valence-corrected chi connectivity index (χ3v) is 6.09. The molecule has 1 atom stereocenters. The van der Waals surface area contributed by atoms with Gasteiger partial charge in [-0.2, -0.15) is 0 Å². The number of pyridine rings is 2. The number of hydrogen-bond acceptors (Lipinski definition) is 6. The molecule has 0 radical (unpaired) electrons. The smallest absolute Gasteiger partial charge is 0.146 e. The van der Waals surface area contributed by atoms with Crippen molar-refractivity contribution in [2.24, 2.45) is 0 Å². The third-order valence-electron chi connectivity index (χ3n) is 5.18. The fourth-order valence-electron chi connectivity index (χ4n) is 3.72. The maximum absolute atomic E-state index is 11.7. The molecule has 146 valence electrons. The van der Waals surface area contributed by atoms with Crippen LogP contribution in [0.5, 0.6) is 0 Å². The highest BCUT2D eigenvalue weighted by Gasteiger charge is 2.31. The topological polar surface area (TPSA) is 75.1 Å². The molecule has 2 N–H and O–H groups in total. The van der Waals surface area contributed by atoms with E-state index in [0.29, 0.717) is 16.7 Å². The minimum atomic E-state index is -0.624. The number of carbonyl (C=O) groups is 1. The maximum atomic E-state index is 11.7. The Balaban J connectivity index is 1.60. The lowest BCUT2D eigenvalue weighted by Gasteiger charge is -2.25. The van der Waals surface area contributed by atoms with Crippen molar-refractivity contribution in [3.63, 3.8) is 0 Å². The number of thiophene rings is 1. The molecule has 1 aliphatic rings. The molecule has 0 saturated carbocycles. The Labute approximate surface area is 177 Å². The summed E-state index contributed by atoms with van der Waals surface area (Å²) in [6.07, 6.45) is 7.72. The summed E-state index contributed by atoms with van der Waals surface area (Å²) in [4.78, 5) is 20.0. The highest BCUT2D eigenvalue weighted by atomic mass is 32.1. The first kappa shape index (κ1) is 18.3. The van der Waals surface area contributed by atoms with Crippen molar-refractivity contribution < 1.29 is 9.90 Å². The first-order valence-electron chi connectivity index (χ1n) is 9.44. The molecule has 5 nitrogen and oxygen atoms in total. The third kappa shape index (κ3) is 3.07. The second kappa shape index (κ2) is 7.57. The molecule has 3 aromatic heterocycles. The first-order valence-corrected chi connectivity index (χ1v) is 10.3. The number of nitrogens with zero attached hydrogens (tertiary/aromatic N) is 2. The predicted molar refractivity (Wildman–Crippen MR) is 120 cm³/mol. The molecule has 1 aromatic carbocycles. The summed E-state index contributed by atoms with van der Waals surface area (Å²) in [5.41, 5.74) is 6.00. The minimum Gasteiger partial charge on any atom is -0.507 e. The number of nitrogens with one attached hydrogen (secondary N) is 1. The Bertz CT molecular complexity index is 1230. The predicted octanol–water partition coefficient (Wildman–Crippen LogP) is 5.29. The van der Waals surface area contributed by atoms with Crippen LogP contribution in [0.2, 0.25) is 0 Å². The van der Waals surface area contributed by atoms with Crippen LogP contribution in [0.1, 0.15) is 11.1 Å². The van der Waals surface area contributed by atoms with E-state index < -0.39 is 6.04 Å². The van der Waals surface area contributed by atoms with Crippen molar-refractivity contribution >= 4 is 34.0 Å². The van der Waals surface area contributed by atoms with Gasteiger partial charge in [0.15, 0.2) is 0 Å². The zero-order chi connectivity index (χ0) is 20.5. The van der Waals surface area contributed by atoms with Gasteiger partial charge in [-0.1, -0.05) is 36.4 Å². The molecule has 1 unspecified atom stereocenters. The molecule has 4 aromatic rings. The average Bonchev–Trinajstić information content (AvgIpc) is 3.24. The van der Waals surface area contributed by atoms with E-state index in [1.54, 1.807) is 24.7 Å². The number of carbonyl (C=O) groups excluding carboxylic acids is 1. The van der Waals surface area contributed by atoms with Crippen LogP contribution < -0.4 is 5.32 Å². The molecule has 0 spiro atoms. The highest BCUT2D eigenvalue weighted by molar-refractivity contribution is 7.15. The number of benzene rings is 1. The molecule has 0 aliphatic carbocycles. The van der Waals surface area contributed by atoms with E-state index in [2.05, 4.69) is 15.3 Å². The second-order valence-corrected chi connectivity index (χ2v) is 7.81. The summed E-state index contributed by atoms with van der Waals surface area (Å²) in [5.74, 6) is 0.112. The number of hydrogen-bond donors (Lipinski definition) is 2. The van der Waals surface area contributed by atoms with Gasteiger partial charge in [0.2, 0.25) is 0 Å². The molecule has 4 heterocycles. The van der Waals surface area contributed by atoms with Gasteiger partial charge in [0.05, 0.1) is 5.56 Å². The van der Waals surface area contributed by atoms with Gasteiger partial charge in [0.1, 0.15) is 23.1 Å². The molecule has 6 heteroatoms. The number of aromatic nitrogens is 2. The van der Waals surface area contributed by atoms with E-state index in [0.717, 1.165) is 33.5 Å². The van der Waals surface area contributed by atoms with Crippen LogP contribution in [-0.2, 0) is 4.79 Å². The van der Waals surface area contributed by atoms with Crippen LogP contribution in [0.3, 0.4) is 0 Å².